The summed E-state index contributed by atoms with van der Waals surface area (Å²) in [6.07, 6.45) is -7.07. The Morgan fingerprint density at radius 3 is 2.81 bits per heavy atom. The van der Waals surface area contributed by atoms with Crippen molar-refractivity contribution in [2.24, 2.45) is 0 Å². The van der Waals surface area contributed by atoms with Crippen molar-refractivity contribution in [1.29, 1.82) is 0 Å². The summed E-state index contributed by atoms with van der Waals surface area (Å²) in [6.45, 7) is -3.59. The number of pyridine rings is 1. The maximum atomic E-state index is 14.1. The molecular weight excluding hydrogens is 444 g/mol. The molecule has 32 heavy (non-hydrogen) atoms. The molecule has 1 aliphatic heterocycles. The van der Waals surface area contributed by atoms with Crippen LogP contribution < -0.4 is 10.9 Å². The molecule has 9 nitrogen and oxygen atoms in total. The highest BCUT2D eigenvalue weighted by atomic mass is 32.2. The van der Waals surface area contributed by atoms with Gasteiger partial charge >= 0.3 is 0 Å². The number of fused-ring (bicyclic) bond motifs is 1. The predicted molar refractivity (Wildman–Crippen MR) is 115 cm³/mol. The third-order valence-electron chi connectivity index (χ3n) is 5.83. The second-order valence-corrected chi connectivity index (χ2v) is 9.40. The van der Waals surface area contributed by atoms with Gasteiger partial charge in [0, 0.05) is 38.9 Å². The summed E-state index contributed by atoms with van der Waals surface area (Å²) in [7, 11) is -4.60. The van der Waals surface area contributed by atoms with Crippen LogP contribution in [0.5, 0.6) is 0 Å². The van der Waals surface area contributed by atoms with Crippen LogP contribution in [-0.4, -0.2) is 63.3 Å². The van der Waals surface area contributed by atoms with Gasteiger partial charge in [0.05, 0.1) is 24.8 Å². The molecule has 1 aliphatic carbocycles. The lowest BCUT2D eigenvalue weighted by atomic mass is 9.99. The number of hydrogen-bond acceptors (Lipinski definition) is 7. The van der Waals surface area contributed by atoms with Crippen molar-refractivity contribution in [3.63, 3.8) is 0 Å². The third kappa shape index (κ3) is 4.35. The number of halogens is 2. The molecule has 12 heteroatoms. The van der Waals surface area contributed by atoms with Crippen LogP contribution in [0.4, 0.5) is 14.7 Å². The summed E-state index contributed by atoms with van der Waals surface area (Å²) in [5.74, 6) is -0.274. The molecule has 2 atom stereocenters. The first kappa shape index (κ1) is 14.9. The number of rotatable bonds is 5. The number of alkyl halides is 2. The summed E-state index contributed by atoms with van der Waals surface area (Å²) >= 11 is 0. The molecule has 2 aromatic rings. The lowest BCUT2D eigenvalue weighted by Crippen LogP contribution is -2.42. The van der Waals surface area contributed by atoms with Crippen molar-refractivity contribution in [2.45, 2.75) is 63.0 Å². The van der Waals surface area contributed by atoms with Crippen molar-refractivity contribution in [1.82, 2.24) is 18.8 Å². The summed E-state index contributed by atoms with van der Waals surface area (Å²) < 4.78 is 115. The molecule has 2 N–H and O–H groups in total. The number of nitrogens with one attached hydrogen (secondary N) is 1. The van der Waals surface area contributed by atoms with Crippen LogP contribution in [0.25, 0.3) is 11.0 Å². The van der Waals surface area contributed by atoms with E-state index in [1.165, 1.54) is 0 Å². The molecule has 0 amide bonds. The molecule has 176 valence electrons. The average Bonchev–Trinajstić information content (AvgIpc) is 3.20. The van der Waals surface area contributed by atoms with E-state index in [2.05, 4.69) is 15.3 Å². The SMILES string of the molecule is [2H]C1(Nc2ncc3cc(C([2H])(F)F)c(=O)n([C@H]4CCC[C@@]4(O)C([2H])([2H])[2H])c3n2)CCN(S(=O)(=O)C([2H])([2H])[2H])CC1. The monoisotopic (exact) mass is 479 g/mol. The van der Waals surface area contributed by atoms with Crippen molar-refractivity contribution in [3.8, 4) is 0 Å². The Morgan fingerprint density at radius 2 is 2.16 bits per heavy atom. The van der Waals surface area contributed by atoms with Crippen molar-refractivity contribution in [2.75, 3.05) is 24.6 Å². The Labute approximate surface area is 195 Å². The van der Waals surface area contributed by atoms with Gasteiger partial charge in [-0.25, -0.2) is 26.5 Å². The van der Waals surface area contributed by atoms with E-state index >= 15 is 0 Å². The van der Waals surface area contributed by atoms with Crippen LogP contribution in [0.15, 0.2) is 17.1 Å². The molecule has 4 rings (SSSR count). The van der Waals surface area contributed by atoms with Gasteiger partial charge in [0.1, 0.15) is 7.02 Å². The van der Waals surface area contributed by atoms with Crippen LogP contribution in [0, 0.1) is 0 Å². The van der Waals surface area contributed by atoms with Gasteiger partial charge in [-0.05, 0) is 45.0 Å². The van der Waals surface area contributed by atoms with Gasteiger partial charge in [-0.15, -0.1) is 0 Å². The Kier molecular flexibility index (Phi) is 3.86. The minimum Gasteiger partial charge on any atom is -0.388 e. The predicted octanol–water partition coefficient (Wildman–Crippen LogP) is 2.04. The molecule has 0 bridgehead atoms. The van der Waals surface area contributed by atoms with Crippen LogP contribution in [0.3, 0.4) is 0 Å². The number of sulfonamides is 1. The van der Waals surface area contributed by atoms with Crippen LogP contribution in [-0.2, 0) is 10.0 Å². The standard InChI is InChI=1S/C20H27F2N5O4S/c1-20(29)7-3-4-15(20)27-17-12(10-14(16(21)22)18(27)28)11-23-19(25-17)24-13-5-8-26(9-6-13)32(2,30)31/h10-11,13,15-16,29H,3-9H2,1-2H3,(H,23,24,25)/t15-,20-/m0/s1/i1D3,2D3,13D,16D. The summed E-state index contributed by atoms with van der Waals surface area (Å²) in [6, 6.07) is -2.36. The first-order chi connectivity index (χ1) is 18.1. The zero-order chi connectivity index (χ0) is 30.1. The Hall–Kier alpha value is -2.18. The largest absolute Gasteiger partial charge is 0.388 e. The minimum atomic E-state index is -4.60. The normalized spacial score (nSPS) is 31.4. The number of nitrogens with zero attached hydrogens (tertiary/aromatic N) is 4. The number of aliphatic hydroxyl groups is 1. The number of aromatic nitrogens is 3. The summed E-state index contributed by atoms with van der Waals surface area (Å²) in [5.41, 5.74) is -5.42. The second-order valence-electron chi connectivity index (χ2n) is 7.93. The fourth-order valence-corrected chi connectivity index (χ4v) is 4.86. The van der Waals surface area contributed by atoms with E-state index in [1.54, 1.807) is 0 Å². The third-order valence-corrected chi connectivity index (χ3v) is 6.87. The molecule has 0 unspecified atom stereocenters. The molecule has 3 heterocycles. The van der Waals surface area contributed by atoms with Gasteiger partial charge in [0.2, 0.25) is 16.0 Å². The van der Waals surface area contributed by atoms with Crippen molar-refractivity contribution < 1.29 is 33.3 Å². The quantitative estimate of drug-likeness (QED) is 0.674. The van der Waals surface area contributed by atoms with Gasteiger partial charge in [-0.2, -0.15) is 4.98 Å². The Morgan fingerprint density at radius 1 is 1.41 bits per heavy atom. The highest BCUT2D eigenvalue weighted by Gasteiger charge is 2.40. The van der Waals surface area contributed by atoms with Gasteiger partial charge in [-0.1, -0.05) is 0 Å². The van der Waals surface area contributed by atoms with Crippen molar-refractivity contribution >= 4 is 27.0 Å². The van der Waals surface area contributed by atoms with Crippen LogP contribution >= 0.6 is 0 Å². The van der Waals surface area contributed by atoms with Gasteiger partial charge in [0.25, 0.3) is 12.0 Å². The van der Waals surface area contributed by atoms with E-state index in [4.69, 9.17) is 11.0 Å². The van der Waals surface area contributed by atoms with Gasteiger partial charge < -0.3 is 10.4 Å². The fourth-order valence-electron chi connectivity index (χ4n) is 4.20. The van der Waals surface area contributed by atoms with E-state index in [0.717, 1.165) is 10.5 Å². The molecule has 0 spiro atoms. The maximum Gasteiger partial charge on any atom is 0.269 e. The molecule has 0 aromatic carbocycles. The van der Waals surface area contributed by atoms with E-state index in [1.807, 2.05) is 0 Å². The first-order valence-corrected chi connectivity index (χ1v) is 11.4. The molecule has 2 aliphatic rings. The Balaban J connectivity index is 1.76. The van der Waals surface area contributed by atoms with E-state index < -0.39 is 58.2 Å². The summed E-state index contributed by atoms with van der Waals surface area (Å²) in [5, 5.41) is 13.7. The average molecular weight is 480 g/mol. The molecular formula is C20H27F2N5O4S. The van der Waals surface area contributed by atoms with E-state index in [9.17, 15) is 27.1 Å². The fraction of sp³-hybridized carbons (Fsp3) is 0.650. The minimum absolute atomic E-state index is 0.0557. The number of hydrogen-bond donors (Lipinski definition) is 2. The van der Waals surface area contributed by atoms with E-state index in [-0.39, 0.29) is 62.2 Å². The Bertz CT molecular complexity index is 1470. The van der Waals surface area contributed by atoms with Gasteiger partial charge in [0.15, 0.2) is 0 Å². The van der Waals surface area contributed by atoms with Crippen LogP contribution in [0.2, 0.25) is 0 Å². The molecule has 2 aromatic heterocycles. The molecule has 1 saturated heterocycles. The molecule has 2 fully saturated rings. The highest BCUT2D eigenvalue weighted by molar-refractivity contribution is 7.88. The molecule has 0 radical (unpaired) electrons. The maximum absolute atomic E-state index is 14.1. The van der Waals surface area contributed by atoms with Crippen LogP contribution in [0.1, 0.15) is 67.9 Å². The lowest BCUT2D eigenvalue weighted by Gasteiger charge is -2.31. The first-order valence-electron chi connectivity index (χ1n) is 13.9. The number of piperidine rings is 1. The summed E-state index contributed by atoms with van der Waals surface area (Å²) in [4.78, 5) is 21.4. The van der Waals surface area contributed by atoms with E-state index in [0.29, 0.717) is 10.6 Å². The number of anilines is 1. The molecule has 1 saturated carbocycles. The zero-order valence-corrected chi connectivity index (χ0v) is 17.6. The highest BCUT2D eigenvalue weighted by Crippen LogP contribution is 2.39. The lowest BCUT2D eigenvalue weighted by molar-refractivity contribution is 0.0261. The van der Waals surface area contributed by atoms with Crippen molar-refractivity contribution in [3.05, 3.63) is 28.2 Å². The zero-order valence-electron chi connectivity index (χ0n) is 24.8. The topological polar surface area (TPSA) is 117 Å². The second kappa shape index (κ2) is 8.31. The van der Waals surface area contributed by atoms with Gasteiger partial charge in [-0.3, -0.25) is 9.36 Å². The smallest absolute Gasteiger partial charge is 0.269 e.